The van der Waals surface area contributed by atoms with E-state index in [4.69, 9.17) is 9.47 Å². The van der Waals surface area contributed by atoms with E-state index in [1.54, 1.807) is 71.2 Å². The minimum atomic E-state index is -3.76. The van der Waals surface area contributed by atoms with Crippen LogP contribution in [0.2, 0.25) is 0 Å². The van der Waals surface area contributed by atoms with Crippen molar-refractivity contribution in [2.24, 2.45) is 5.92 Å². The lowest BCUT2D eigenvalue weighted by atomic mass is 10.2. The van der Waals surface area contributed by atoms with Gasteiger partial charge in [-0.05, 0) is 47.9 Å². The summed E-state index contributed by atoms with van der Waals surface area (Å²) in [5.74, 6) is 0.998. The summed E-state index contributed by atoms with van der Waals surface area (Å²) in [5.41, 5.74) is 1.74. The van der Waals surface area contributed by atoms with Crippen LogP contribution in [-0.4, -0.2) is 49.5 Å². The first-order chi connectivity index (χ1) is 17.2. The summed E-state index contributed by atoms with van der Waals surface area (Å²) >= 11 is 0. The number of carbonyl (C=O) groups excluding carboxylic acids is 1. The van der Waals surface area contributed by atoms with Gasteiger partial charge in [0, 0.05) is 18.7 Å². The molecule has 0 saturated carbocycles. The van der Waals surface area contributed by atoms with Crippen molar-refractivity contribution in [1.82, 2.24) is 14.5 Å². The Balaban J connectivity index is 1.93. The Labute approximate surface area is 213 Å². The predicted octanol–water partition coefficient (Wildman–Crippen LogP) is 4.36. The number of hydrogen-bond donors (Lipinski definition) is 0. The molecule has 0 unspecified atom stereocenters. The fourth-order valence-corrected chi connectivity index (χ4v) is 5.35. The Bertz CT molecular complexity index is 1300. The molecule has 0 N–H and O–H groups in total. The van der Waals surface area contributed by atoms with Crippen LogP contribution >= 0.6 is 0 Å². The van der Waals surface area contributed by atoms with Gasteiger partial charge in [0.1, 0.15) is 11.5 Å². The standard InChI is InChI=1S/C27H33N3O5S/c1-6-14-29(26(31)22-10-12-24(34-4)13-11-22)18-23-16-28-27(30(23)17-20(2)3)36(32,33)19-21-8-7-9-25(15-21)35-5/h6-13,15-16,20H,1,14,17-19H2,2-5H3. The summed E-state index contributed by atoms with van der Waals surface area (Å²) < 4.78 is 38.9. The van der Waals surface area contributed by atoms with E-state index < -0.39 is 9.84 Å². The summed E-state index contributed by atoms with van der Waals surface area (Å²) in [4.78, 5) is 19.2. The van der Waals surface area contributed by atoms with Gasteiger partial charge in [-0.1, -0.05) is 32.1 Å². The summed E-state index contributed by atoms with van der Waals surface area (Å²) in [7, 11) is -0.658. The molecule has 0 atom stereocenters. The lowest BCUT2D eigenvalue weighted by molar-refractivity contribution is 0.0758. The number of rotatable bonds is 12. The Kier molecular flexibility index (Phi) is 8.93. The zero-order valence-corrected chi connectivity index (χ0v) is 22.0. The van der Waals surface area contributed by atoms with Crippen molar-refractivity contribution in [3.05, 3.63) is 84.2 Å². The molecule has 192 valence electrons. The third kappa shape index (κ3) is 6.54. The van der Waals surface area contributed by atoms with Crippen molar-refractivity contribution in [2.75, 3.05) is 20.8 Å². The molecule has 0 saturated heterocycles. The average Bonchev–Trinajstić information content (AvgIpc) is 3.25. The number of hydrogen-bond acceptors (Lipinski definition) is 6. The van der Waals surface area contributed by atoms with Crippen LogP contribution in [0.3, 0.4) is 0 Å². The maximum atomic E-state index is 13.4. The summed E-state index contributed by atoms with van der Waals surface area (Å²) in [5, 5.41) is -0.00975. The molecule has 3 rings (SSSR count). The number of ether oxygens (including phenoxy) is 2. The molecule has 0 aliphatic heterocycles. The van der Waals surface area contributed by atoms with Crippen LogP contribution in [0.25, 0.3) is 0 Å². The molecule has 0 spiro atoms. The second kappa shape index (κ2) is 11.9. The fraction of sp³-hybridized carbons (Fsp3) is 0.333. The van der Waals surface area contributed by atoms with E-state index in [-0.39, 0.29) is 29.3 Å². The molecule has 0 bridgehead atoms. The maximum absolute atomic E-state index is 13.4. The molecular weight excluding hydrogens is 478 g/mol. The number of aromatic nitrogens is 2. The predicted molar refractivity (Wildman–Crippen MR) is 139 cm³/mol. The van der Waals surface area contributed by atoms with E-state index >= 15 is 0 Å². The van der Waals surface area contributed by atoms with Gasteiger partial charge in [0.05, 0.1) is 38.4 Å². The summed E-state index contributed by atoms with van der Waals surface area (Å²) in [6.45, 7) is 8.72. The van der Waals surface area contributed by atoms with Crippen LogP contribution in [0.1, 0.15) is 35.5 Å². The monoisotopic (exact) mass is 511 g/mol. The molecule has 9 heteroatoms. The van der Waals surface area contributed by atoms with E-state index in [1.807, 2.05) is 13.8 Å². The molecule has 1 amide bonds. The Morgan fingerprint density at radius 1 is 1.11 bits per heavy atom. The van der Waals surface area contributed by atoms with Gasteiger partial charge in [0.2, 0.25) is 15.0 Å². The zero-order valence-electron chi connectivity index (χ0n) is 21.2. The van der Waals surface area contributed by atoms with Gasteiger partial charge in [-0.3, -0.25) is 4.79 Å². The van der Waals surface area contributed by atoms with Crippen molar-refractivity contribution in [2.45, 2.75) is 37.8 Å². The van der Waals surface area contributed by atoms with Crippen molar-refractivity contribution < 1.29 is 22.7 Å². The van der Waals surface area contributed by atoms with Crippen molar-refractivity contribution in [1.29, 1.82) is 0 Å². The van der Waals surface area contributed by atoms with E-state index in [1.165, 1.54) is 13.3 Å². The molecule has 36 heavy (non-hydrogen) atoms. The molecule has 2 aromatic carbocycles. The fourth-order valence-electron chi connectivity index (χ4n) is 3.86. The Hall–Kier alpha value is -3.59. The first-order valence-electron chi connectivity index (χ1n) is 11.6. The lowest BCUT2D eigenvalue weighted by Crippen LogP contribution is -2.32. The molecule has 0 radical (unpaired) electrons. The van der Waals surface area contributed by atoms with Crippen molar-refractivity contribution >= 4 is 15.7 Å². The summed E-state index contributed by atoms with van der Waals surface area (Å²) in [6, 6.07) is 13.8. The highest BCUT2D eigenvalue weighted by atomic mass is 32.2. The minimum Gasteiger partial charge on any atom is -0.497 e. The molecule has 0 aliphatic rings. The number of sulfone groups is 1. The van der Waals surface area contributed by atoms with E-state index in [0.717, 1.165) is 0 Å². The number of amides is 1. The van der Waals surface area contributed by atoms with Gasteiger partial charge in [-0.2, -0.15) is 0 Å². The topological polar surface area (TPSA) is 90.7 Å². The third-order valence-corrected chi connectivity index (χ3v) is 7.14. The van der Waals surface area contributed by atoms with Crippen molar-refractivity contribution in [3.63, 3.8) is 0 Å². The smallest absolute Gasteiger partial charge is 0.254 e. The molecular formula is C27H33N3O5S. The number of nitrogens with zero attached hydrogens (tertiary/aromatic N) is 3. The normalized spacial score (nSPS) is 11.4. The van der Waals surface area contributed by atoms with Gasteiger partial charge in [-0.25, -0.2) is 13.4 Å². The van der Waals surface area contributed by atoms with E-state index in [2.05, 4.69) is 11.6 Å². The van der Waals surface area contributed by atoms with Gasteiger partial charge in [0.15, 0.2) is 0 Å². The van der Waals surface area contributed by atoms with Crippen LogP contribution in [-0.2, 0) is 28.7 Å². The van der Waals surface area contributed by atoms with Crippen LogP contribution in [0.5, 0.6) is 11.5 Å². The summed E-state index contributed by atoms with van der Waals surface area (Å²) in [6.07, 6.45) is 3.18. The van der Waals surface area contributed by atoms with Crippen LogP contribution in [0, 0.1) is 5.92 Å². The zero-order chi connectivity index (χ0) is 26.3. The number of carbonyl (C=O) groups is 1. The lowest BCUT2D eigenvalue weighted by Gasteiger charge is -2.23. The van der Waals surface area contributed by atoms with Crippen LogP contribution in [0.4, 0.5) is 0 Å². The molecule has 3 aromatic rings. The third-order valence-electron chi connectivity index (χ3n) is 5.54. The van der Waals surface area contributed by atoms with Crippen LogP contribution in [0.15, 0.2) is 72.5 Å². The number of benzene rings is 2. The Morgan fingerprint density at radius 2 is 1.81 bits per heavy atom. The first-order valence-corrected chi connectivity index (χ1v) is 13.3. The number of imidazole rings is 1. The van der Waals surface area contributed by atoms with Gasteiger partial charge in [0.25, 0.3) is 5.91 Å². The highest BCUT2D eigenvalue weighted by molar-refractivity contribution is 7.90. The molecule has 1 heterocycles. The first kappa shape index (κ1) is 27.0. The van der Waals surface area contributed by atoms with Gasteiger partial charge < -0.3 is 18.9 Å². The van der Waals surface area contributed by atoms with Crippen LogP contribution < -0.4 is 9.47 Å². The Morgan fingerprint density at radius 3 is 2.42 bits per heavy atom. The molecule has 0 fully saturated rings. The highest BCUT2D eigenvalue weighted by Gasteiger charge is 2.26. The molecule has 0 aliphatic carbocycles. The molecule has 8 nitrogen and oxygen atoms in total. The largest absolute Gasteiger partial charge is 0.497 e. The van der Waals surface area contributed by atoms with Gasteiger partial charge in [-0.15, -0.1) is 6.58 Å². The van der Waals surface area contributed by atoms with Crippen molar-refractivity contribution in [3.8, 4) is 11.5 Å². The maximum Gasteiger partial charge on any atom is 0.254 e. The van der Waals surface area contributed by atoms with Gasteiger partial charge >= 0.3 is 0 Å². The second-order valence-electron chi connectivity index (χ2n) is 8.85. The quantitative estimate of drug-likeness (QED) is 0.336. The minimum absolute atomic E-state index is 0.00975. The highest BCUT2D eigenvalue weighted by Crippen LogP contribution is 2.23. The van der Waals surface area contributed by atoms with E-state index in [0.29, 0.717) is 41.4 Å². The number of methoxy groups -OCH3 is 2. The average molecular weight is 512 g/mol. The van der Waals surface area contributed by atoms with E-state index in [9.17, 15) is 13.2 Å². The SMILES string of the molecule is C=CCN(Cc1cnc(S(=O)(=O)Cc2cccc(OC)c2)n1CC(C)C)C(=O)c1ccc(OC)cc1. The molecule has 1 aromatic heterocycles. The second-order valence-corrected chi connectivity index (χ2v) is 10.7.